The number of hydrogen-bond acceptors (Lipinski definition) is 6. The predicted octanol–water partition coefficient (Wildman–Crippen LogP) is 16.4. The van der Waals surface area contributed by atoms with Crippen molar-refractivity contribution in [1.29, 1.82) is 0 Å². The smallest absolute Gasteiger partial charge is 0.306 e. The van der Waals surface area contributed by atoms with E-state index in [0.717, 1.165) is 57.8 Å². The maximum absolute atomic E-state index is 12.8. The van der Waals surface area contributed by atoms with Gasteiger partial charge < -0.3 is 14.2 Å². The Balaban J connectivity index is 4.31. The van der Waals surface area contributed by atoms with Crippen molar-refractivity contribution in [3.63, 3.8) is 0 Å². The zero-order valence-corrected chi connectivity index (χ0v) is 38.6. The van der Waals surface area contributed by atoms with Gasteiger partial charge in [0.25, 0.3) is 0 Å². The molecule has 0 aromatic rings. The first-order chi connectivity index (χ1) is 28.0. The van der Waals surface area contributed by atoms with E-state index in [1.807, 2.05) is 0 Å². The Morgan fingerprint density at radius 3 is 0.702 bits per heavy atom. The van der Waals surface area contributed by atoms with Crippen molar-refractivity contribution in [2.24, 2.45) is 0 Å². The summed E-state index contributed by atoms with van der Waals surface area (Å²) in [6.07, 6.45) is 49.3. The molecule has 0 saturated heterocycles. The maximum Gasteiger partial charge on any atom is 0.306 e. The van der Waals surface area contributed by atoms with E-state index in [-0.39, 0.29) is 31.1 Å². The quantitative estimate of drug-likeness (QED) is 0.0346. The molecule has 57 heavy (non-hydrogen) atoms. The molecule has 0 radical (unpaired) electrons. The SMILES string of the molecule is CCCCCCCCCCCCCCCCC(=O)OC[C@H](COC(=O)CCCCCCCCCCCCCC)OC(=O)CCCCCCCCCCCCCCC. The monoisotopic (exact) mass is 807 g/mol. The summed E-state index contributed by atoms with van der Waals surface area (Å²) in [6.45, 7) is 6.67. The van der Waals surface area contributed by atoms with Gasteiger partial charge in [-0.1, -0.05) is 252 Å². The molecule has 0 aliphatic rings. The van der Waals surface area contributed by atoms with Crippen molar-refractivity contribution in [3.05, 3.63) is 0 Å². The molecule has 0 rings (SSSR count). The van der Waals surface area contributed by atoms with Gasteiger partial charge in [-0.05, 0) is 19.3 Å². The normalized spacial score (nSPS) is 11.8. The zero-order chi connectivity index (χ0) is 41.5. The molecule has 0 spiro atoms. The standard InChI is InChI=1S/C51H98O6/c1-4-7-10-13-16-19-22-25-27-29-32-35-38-41-44-50(53)56-47-48(46-55-49(52)43-40-37-34-31-28-24-21-18-15-12-9-6-3)57-51(54)45-42-39-36-33-30-26-23-20-17-14-11-8-5-2/h48H,4-47H2,1-3H3/t48-/m0/s1. The molecule has 0 unspecified atom stereocenters. The lowest BCUT2D eigenvalue weighted by atomic mass is 10.0. The molecule has 0 bridgehead atoms. The van der Waals surface area contributed by atoms with E-state index in [0.29, 0.717) is 19.3 Å². The average Bonchev–Trinajstić information content (AvgIpc) is 3.21. The van der Waals surface area contributed by atoms with Gasteiger partial charge in [-0.25, -0.2) is 0 Å². The average molecular weight is 807 g/mol. The van der Waals surface area contributed by atoms with E-state index in [1.54, 1.807) is 0 Å². The van der Waals surface area contributed by atoms with Gasteiger partial charge in [-0.3, -0.25) is 14.4 Å². The minimum Gasteiger partial charge on any atom is -0.462 e. The third-order valence-corrected chi connectivity index (χ3v) is 11.6. The molecule has 338 valence electrons. The van der Waals surface area contributed by atoms with Gasteiger partial charge in [-0.15, -0.1) is 0 Å². The van der Waals surface area contributed by atoms with Gasteiger partial charge in [0, 0.05) is 19.3 Å². The Labute approximate surface area is 355 Å². The van der Waals surface area contributed by atoms with Crippen LogP contribution < -0.4 is 0 Å². The van der Waals surface area contributed by atoms with Gasteiger partial charge in [0.1, 0.15) is 13.2 Å². The molecule has 1 atom stereocenters. The summed E-state index contributed by atoms with van der Waals surface area (Å²) < 4.78 is 16.8. The highest BCUT2D eigenvalue weighted by Gasteiger charge is 2.19. The summed E-state index contributed by atoms with van der Waals surface area (Å²) in [7, 11) is 0. The lowest BCUT2D eigenvalue weighted by Crippen LogP contribution is -2.30. The highest BCUT2D eigenvalue weighted by molar-refractivity contribution is 5.71. The van der Waals surface area contributed by atoms with E-state index in [9.17, 15) is 14.4 Å². The Kier molecular flexibility index (Phi) is 45.8. The Bertz CT molecular complexity index is 844. The first kappa shape index (κ1) is 55.4. The fourth-order valence-corrected chi connectivity index (χ4v) is 7.74. The number of esters is 3. The van der Waals surface area contributed by atoms with Crippen molar-refractivity contribution in [1.82, 2.24) is 0 Å². The number of unbranched alkanes of at least 4 members (excludes halogenated alkanes) is 36. The minimum atomic E-state index is -0.759. The highest BCUT2D eigenvalue weighted by atomic mass is 16.6. The molecule has 6 heteroatoms. The summed E-state index contributed by atoms with van der Waals surface area (Å²) in [4.78, 5) is 37.9. The summed E-state index contributed by atoms with van der Waals surface area (Å²) >= 11 is 0. The number of carbonyl (C=O) groups is 3. The third kappa shape index (κ3) is 45.3. The summed E-state index contributed by atoms with van der Waals surface area (Å²) in [5.41, 5.74) is 0. The van der Waals surface area contributed by atoms with Crippen LogP contribution in [0.25, 0.3) is 0 Å². The maximum atomic E-state index is 12.8. The molecule has 0 N–H and O–H groups in total. The molecule has 0 amide bonds. The van der Waals surface area contributed by atoms with E-state index >= 15 is 0 Å². The molecule has 6 nitrogen and oxygen atoms in total. The minimum absolute atomic E-state index is 0.0618. The van der Waals surface area contributed by atoms with Crippen LogP contribution in [0.4, 0.5) is 0 Å². The van der Waals surface area contributed by atoms with Crippen molar-refractivity contribution in [2.45, 2.75) is 297 Å². The summed E-state index contributed by atoms with van der Waals surface area (Å²) in [5, 5.41) is 0. The van der Waals surface area contributed by atoms with Crippen LogP contribution in [0, 0.1) is 0 Å². The molecule has 0 fully saturated rings. The number of carbonyl (C=O) groups excluding carboxylic acids is 3. The molecular weight excluding hydrogens is 709 g/mol. The van der Waals surface area contributed by atoms with Gasteiger partial charge in [-0.2, -0.15) is 0 Å². The predicted molar refractivity (Wildman–Crippen MR) is 243 cm³/mol. The van der Waals surface area contributed by atoms with Crippen LogP contribution in [0.5, 0.6) is 0 Å². The molecule has 0 aliphatic heterocycles. The van der Waals surface area contributed by atoms with Gasteiger partial charge in [0.2, 0.25) is 0 Å². The topological polar surface area (TPSA) is 78.9 Å². The lowest BCUT2D eigenvalue weighted by Gasteiger charge is -2.18. The van der Waals surface area contributed by atoms with Gasteiger partial charge >= 0.3 is 17.9 Å². The van der Waals surface area contributed by atoms with Crippen molar-refractivity contribution in [3.8, 4) is 0 Å². The van der Waals surface area contributed by atoms with Crippen LogP contribution in [0.3, 0.4) is 0 Å². The molecule has 0 aliphatic carbocycles. The lowest BCUT2D eigenvalue weighted by molar-refractivity contribution is -0.167. The van der Waals surface area contributed by atoms with E-state index < -0.39 is 6.10 Å². The van der Waals surface area contributed by atoms with Crippen LogP contribution in [0.1, 0.15) is 290 Å². The number of rotatable bonds is 47. The van der Waals surface area contributed by atoms with Crippen LogP contribution in [-0.4, -0.2) is 37.2 Å². The van der Waals surface area contributed by atoms with Crippen LogP contribution >= 0.6 is 0 Å². The Morgan fingerprint density at radius 1 is 0.281 bits per heavy atom. The first-order valence-corrected chi connectivity index (χ1v) is 25.5. The summed E-state index contributed by atoms with van der Waals surface area (Å²) in [5.74, 6) is -0.842. The molecule has 0 heterocycles. The van der Waals surface area contributed by atoms with Crippen molar-refractivity contribution < 1.29 is 28.6 Å². The largest absolute Gasteiger partial charge is 0.462 e. The second-order valence-electron chi connectivity index (χ2n) is 17.5. The molecular formula is C51H98O6. The van der Waals surface area contributed by atoms with Crippen LogP contribution in [0.15, 0.2) is 0 Å². The molecule has 0 aromatic carbocycles. The Morgan fingerprint density at radius 2 is 0.474 bits per heavy atom. The summed E-state index contributed by atoms with van der Waals surface area (Å²) in [6, 6.07) is 0. The number of hydrogen-bond donors (Lipinski definition) is 0. The Hall–Kier alpha value is -1.59. The fourth-order valence-electron chi connectivity index (χ4n) is 7.74. The van der Waals surface area contributed by atoms with E-state index in [2.05, 4.69) is 20.8 Å². The van der Waals surface area contributed by atoms with Gasteiger partial charge in [0.05, 0.1) is 0 Å². The van der Waals surface area contributed by atoms with Crippen molar-refractivity contribution in [2.75, 3.05) is 13.2 Å². The number of ether oxygens (including phenoxy) is 3. The van der Waals surface area contributed by atoms with E-state index in [1.165, 1.54) is 193 Å². The van der Waals surface area contributed by atoms with Crippen LogP contribution in [-0.2, 0) is 28.6 Å². The van der Waals surface area contributed by atoms with Gasteiger partial charge in [0.15, 0.2) is 6.10 Å². The second-order valence-corrected chi connectivity index (χ2v) is 17.5. The third-order valence-electron chi connectivity index (χ3n) is 11.6. The van der Waals surface area contributed by atoms with E-state index in [4.69, 9.17) is 14.2 Å². The molecule has 0 saturated carbocycles. The van der Waals surface area contributed by atoms with Crippen LogP contribution in [0.2, 0.25) is 0 Å². The first-order valence-electron chi connectivity index (χ1n) is 25.5. The zero-order valence-electron chi connectivity index (χ0n) is 38.6. The second kappa shape index (κ2) is 47.1. The van der Waals surface area contributed by atoms with Crippen molar-refractivity contribution >= 4 is 17.9 Å². The fraction of sp³-hybridized carbons (Fsp3) is 0.941. The molecule has 0 aromatic heterocycles. The highest BCUT2D eigenvalue weighted by Crippen LogP contribution is 2.17.